The van der Waals surface area contributed by atoms with Crippen LogP contribution in [0.25, 0.3) is 0 Å². The van der Waals surface area contributed by atoms with Crippen molar-refractivity contribution < 1.29 is 13.2 Å². The highest BCUT2D eigenvalue weighted by Crippen LogP contribution is 2.31. The van der Waals surface area contributed by atoms with E-state index in [0.29, 0.717) is 23.7 Å². The number of aromatic nitrogens is 2. The summed E-state index contributed by atoms with van der Waals surface area (Å²) in [5, 5.41) is 9.28. The molecule has 1 aromatic heterocycles. The largest absolute Gasteiger partial charge is 0.340 e. The van der Waals surface area contributed by atoms with Gasteiger partial charge >= 0.3 is 0 Å². The summed E-state index contributed by atoms with van der Waals surface area (Å²) >= 11 is 1.49. The first-order valence-corrected chi connectivity index (χ1v) is 12.5. The molecule has 0 unspecified atom stereocenters. The Kier molecular flexibility index (Phi) is 6.31. The molecular formula is C21H22N6O3S2. The van der Waals surface area contributed by atoms with Crippen LogP contribution in [0.15, 0.2) is 58.6 Å². The predicted molar refractivity (Wildman–Crippen MR) is 126 cm³/mol. The van der Waals surface area contributed by atoms with Gasteiger partial charge in [-0.25, -0.2) is 23.1 Å². The Labute approximate surface area is 190 Å². The lowest BCUT2D eigenvalue weighted by Gasteiger charge is -2.18. The van der Waals surface area contributed by atoms with Crippen LogP contribution in [0, 0.1) is 0 Å². The maximum atomic E-state index is 12.2. The number of hydrogen-bond acceptors (Lipinski definition) is 8. The number of benzene rings is 2. The van der Waals surface area contributed by atoms with Crippen molar-refractivity contribution in [1.82, 2.24) is 14.7 Å². The van der Waals surface area contributed by atoms with Gasteiger partial charge in [0.1, 0.15) is 18.0 Å². The topological polar surface area (TPSA) is 125 Å². The van der Waals surface area contributed by atoms with Gasteiger partial charge < -0.3 is 16.0 Å². The van der Waals surface area contributed by atoms with Crippen molar-refractivity contribution in [3.8, 4) is 0 Å². The molecule has 0 fully saturated rings. The highest BCUT2D eigenvalue weighted by atomic mass is 32.2. The average Bonchev–Trinajstić information content (AvgIpc) is 2.79. The third kappa shape index (κ3) is 4.85. The molecule has 0 atom stereocenters. The van der Waals surface area contributed by atoms with Crippen LogP contribution in [0.4, 0.5) is 28.7 Å². The zero-order valence-corrected chi connectivity index (χ0v) is 19.1. The van der Waals surface area contributed by atoms with E-state index in [1.165, 1.54) is 25.1 Å². The zero-order valence-electron chi connectivity index (χ0n) is 17.5. The summed E-state index contributed by atoms with van der Waals surface area (Å²) in [6.45, 7) is 0. The average molecular weight is 471 g/mol. The van der Waals surface area contributed by atoms with Gasteiger partial charge in [-0.05, 0) is 55.6 Å². The van der Waals surface area contributed by atoms with Gasteiger partial charge in [0.2, 0.25) is 15.9 Å². The van der Waals surface area contributed by atoms with Crippen molar-refractivity contribution >= 4 is 56.4 Å². The Morgan fingerprint density at radius 3 is 2.53 bits per heavy atom. The van der Waals surface area contributed by atoms with Gasteiger partial charge in [0, 0.05) is 28.8 Å². The van der Waals surface area contributed by atoms with Crippen molar-refractivity contribution in [2.45, 2.75) is 22.6 Å². The third-order valence-electron chi connectivity index (χ3n) is 4.96. The monoisotopic (exact) mass is 470 g/mol. The third-order valence-corrected chi connectivity index (χ3v) is 7.17. The van der Waals surface area contributed by atoms with Gasteiger partial charge in [0.05, 0.1) is 10.6 Å². The molecule has 0 saturated heterocycles. The van der Waals surface area contributed by atoms with Crippen molar-refractivity contribution in [2.75, 3.05) is 29.3 Å². The fourth-order valence-corrected chi connectivity index (χ4v) is 4.59. The molecule has 2 heterocycles. The van der Waals surface area contributed by atoms with Crippen LogP contribution in [0.5, 0.6) is 0 Å². The highest BCUT2D eigenvalue weighted by molar-refractivity contribution is 7.98. The Hall–Kier alpha value is -3.15. The van der Waals surface area contributed by atoms with Crippen LogP contribution in [0.3, 0.4) is 0 Å². The Morgan fingerprint density at radius 2 is 1.78 bits per heavy atom. The number of aryl methyl sites for hydroxylation is 1. The van der Waals surface area contributed by atoms with Gasteiger partial charge in [0.15, 0.2) is 0 Å². The van der Waals surface area contributed by atoms with E-state index in [-0.39, 0.29) is 10.8 Å². The van der Waals surface area contributed by atoms with E-state index in [9.17, 15) is 13.2 Å². The van der Waals surface area contributed by atoms with Gasteiger partial charge in [-0.3, -0.25) is 4.79 Å². The molecule has 3 aromatic rings. The van der Waals surface area contributed by atoms with E-state index in [1.54, 1.807) is 24.3 Å². The molecule has 9 nitrogen and oxygen atoms in total. The summed E-state index contributed by atoms with van der Waals surface area (Å²) in [6, 6.07) is 12.4. The van der Waals surface area contributed by atoms with Gasteiger partial charge in [-0.1, -0.05) is 6.07 Å². The van der Waals surface area contributed by atoms with Gasteiger partial charge in [-0.2, -0.15) is 0 Å². The number of nitrogens with one attached hydrogen (secondary N) is 4. The number of carbonyl (C=O) groups excluding carboxylic acids is 1. The number of anilines is 5. The summed E-state index contributed by atoms with van der Waals surface area (Å²) in [5.74, 6) is 1.06. The van der Waals surface area contributed by atoms with Crippen LogP contribution >= 0.6 is 11.8 Å². The van der Waals surface area contributed by atoms with Gasteiger partial charge in [-0.15, -0.1) is 11.8 Å². The van der Waals surface area contributed by atoms with E-state index in [2.05, 4.69) is 30.6 Å². The summed E-state index contributed by atoms with van der Waals surface area (Å²) in [6.07, 6.45) is 4.55. The minimum atomic E-state index is -3.57. The molecule has 1 amide bonds. The summed E-state index contributed by atoms with van der Waals surface area (Å²) in [7, 11) is -2.20. The summed E-state index contributed by atoms with van der Waals surface area (Å²) in [5.41, 5.74) is 3.30. The number of rotatable bonds is 7. The molecule has 32 heavy (non-hydrogen) atoms. The molecule has 0 radical (unpaired) electrons. The number of hydrogen-bond donors (Lipinski definition) is 4. The number of sulfonamides is 1. The lowest BCUT2D eigenvalue weighted by molar-refractivity contribution is -0.116. The zero-order chi connectivity index (χ0) is 22.7. The second-order valence-electron chi connectivity index (χ2n) is 7.03. The molecular weight excluding hydrogens is 448 g/mol. The van der Waals surface area contributed by atoms with E-state index >= 15 is 0 Å². The fraction of sp³-hybridized carbons (Fsp3) is 0.190. The van der Waals surface area contributed by atoms with Crippen LogP contribution in [0.1, 0.15) is 12.0 Å². The molecule has 4 N–H and O–H groups in total. The second-order valence-corrected chi connectivity index (χ2v) is 9.76. The molecule has 2 aromatic carbocycles. The maximum absolute atomic E-state index is 12.2. The normalized spacial score (nSPS) is 13.2. The Morgan fingerprint density at radius 1 is 1.00 bits per heavy atom. The molecule has 1 aliphatic heterocycles. The Bertz CT molecular complexity index is 1280. The SMILES string of the molecule is CNS(=O)(=O)c1ccc(SC)c(Nc2cc(Nc3ccc4c(c3)NC(=O)CC4)ncn2)c1. The number of amides is 1. The lowest BCUT2D eigenvalue weighted by atomic mass is 10.0. The number of thioether (sulfide) groups is 1. The van der Waals surface area contributed by atoms with Crippen LogP contribution in [-0.4, -0.2) is 37.6 Å². The molecule has 11 heteroatoms. The van der Waals surface area contributed by atoms with Crippen molar-refractivity contribution in [1.29, 1.82) is 0 Å². The van der Waals surface area contributed by atoms with Crippen molar-refractivity contribution in [3.63, 3.8) is 0 Å². The maximum Gasteiger partial charge on any atom is 0.240 e. The first kappa shape index (κ1) is 22.1. The standard InChI is InChI=1S/C21H22N6O3S2/c1-22-32(29,30)15-6-7-18(31-2)17(10-15)26-20-11-19(23-12-24-20)25-14-5-3-13-4-8-21(28)27-16(13)9-14/h3,5-7,9-12,22H,4,8H2,1-2H3,(H,27,28)(H2,23,24,25,26). The van der Waals surface area contributed by atoms with Crippen molar-refractivity contribution in [3.05, 3.63) is 54.4 Å². The Balaban J connectivity index is 1.57. The van der Waals surface area contributed by atoms with Gasteiger partial charge in [0.25, 0.3) is 0 Å². The lowest BCUT2D eigenvalue weighted by Crippen LogP contribution is -2.18. The number of carbonyl (C=O) groups is 1. The molecule has 0 saturated carbocycles. The fourth-order valence-electron chi connectivity index (χ4n) is 3.30. The van der Waals surface area contributed by atoms with E-state index in [0.717, 1.165) is 28.3 Å². The van der Waals surface area contributed by atoms with E-state index in [1.807, 2.05) is 24.5 Å². The minimum Gasteiger partial charge on any atom is -0.340 e. The molecule has 1 aliphatic rings. The molecule has 0 aliphatic carbocycles. The first-order chi connectivity index (χ1) is 15.4. The molecule has 0 spiro atoms. The first-order valence-electron chi connectivity index (χ1n) is 9.78. The minimum absolute atomic E-state index is 0.00953. The smallest absolute Gasteiger partial charge is 0.240 e. The van der Waals surface area contributed by atoms with E-state index < -0.39 is 10.0 Å². The van der Waals surface area contributed by atoms with Crippen molar-refractivity contribution in [2.24, 2.45) is 0 Å². The predicted octanol–water partition coefficient (Wildman–Crippen LogP) is 3.48. The van der Waals surface area contributed by atoms with Crippen LogP contribution < -0.4 is 20.7 Å². The number of fused-ring (bicyclic) bond motifs is 1. The van der Waals surface area contributed by atoms with Crippen LogP contribution in [-0.2, 0) is 21.2 Å². The second kappa shape index (κ2) is 9.15. The molecule has 0 bridgehead atoms. The quantitative estimate of drug-likeness (QED) is 0.387. The highest BCUT2D eigenvalue weighted by Gasteiger charge is 2.16. The number of nitrogens with zero attached hydrogens (tertiary/aromatic N) is 2. The van der Waals surface area contributed by atoms with Crippen LogP contribution in [0.2, 0.25) is 0 Å². The molecule has 166 valence electrons. The molecule has 4 rings (SSSR count). The summed E-state index contributed by atoms with van der Waals surface area (Å²) in [4.78, 5) is 21.2. The summed E-state index contributed by atoms with van der Waals surface area (Å²) < 4.78 is 26.7. The van der Waals surface area contributed by atoms with E-state index in [4.69, 9.17) is 0 Å².